The summed E-state index contributed by atoms with van der Waals surface area (Å²) in [5.74, 6) is -0.118. The van der Waals surface area contributed by atoms with E-state index in [1.54, 1.807) is 4.90 Å². The molecule has 0 radical (unpaired) electrons. The average Bonchev–Trinajstić information content (AvgIpc) is 3.18. The van der Waals surface area contributed by atoms with Crippen LogP contribution in [0.3, 0.4) is 0 Å². The maximum Gasteiger partial charge on any atom is 0.410 e. The van der Waals surface area contributed by atoms with Gasteiger partial charge in [-0.25, -0.2) is 4.79 Å². The molecule has 2 fully saturated rings. The third-order valence-corrected chi connectivity index (χ3v) is 6.64. The van der Waals surface area contributed by atoms with Gasteiger partial charge in [0.2, 0.25) is 0 Å². The molecular weight excluding hydrogens is 404 g/mol. The molecular formula is C26H32N2O4. The number of benzene rings is 2. The molecule has 0 saturated carbocycles. The van der Waals surface area contributed by atoms with Gasteiger partial charge in [-0.15, -0.1) is 0 Å². The number of piperidine rings is 1. The smallest absolute Gasteiger partial charge is 0.410 e. The molecule has 2 saturated heterocycles. The fourth-order valence-electron chi connectivity index (χ4n) is 4.78. The number of ether oxygens (including phenoxy) is 2. The monoisotopic (exact) mass is 436 g/mol. The van der Waals surface area contributed by atoms with Crippen molar-refractivity contribution in [3.8, 4) is 0 Å². The number of amides is 1. The zero-order chi connectivity index (χ0) is 22.4. The van der Waals surface area contributed by atoms with Gasteiger partial charge >= 0.3 is 12.1 Å². The molecule has 6 nitrogen and oxygen atoms in total. The van der Waals surface area contributed by atoms with Gasteiger partial charge in [0, 0.05) is 13.1 Å². The van der Waals surface area contributed by atoms with Gasteiger partial charge < -0.3 is 19.3 Å². The van der Waals surface area contributed by atoms with Crippen LogP contribution in [0, 0.1) is 0 Å². The molecule has 2 aliphatic rings. The highest BCUT2D eigenvalue weighted by Gasteiger charge is 2.44. The first-order valence-corrected chi connectivity index (χ1v) is 11.6. The van der Waals surface area contributed by atoms with Gasteiger partial charge in [-0.1, -0.05) is 60.7 Å². The summed E-state index contributed by atoms with van der Waals surface area (Å²) in [6.45, 7) is 5.95. The van der Waals surface area contributed by atoms with Gasteiger partial charge in [0.25, 0.3) is 0 Å². The van der Waals surface area contributed by atoms with E-state index in [9.17, 15) is 9.59 Å². The Morgan fingerprint density at radius 3 is 2.38 bits per heavy atom. The van der Waals surface area contributed by atoms with E-state index >= 15 is 0 Å². The molecule has 6 heteroatoms. The van der Waals surface area contributed by atoms with E-state index in [1.165, 1.54) is 0 Å². The number of cyclic esters (lactones) is 1. The summed E-state index contributed by atoms with van der Waals surface area (Å²) in [7, 11) is 0. The Morgan fingerprint density at radius 2 is 1.72 bits per heavy atom. The molecule has 0 N–H and O–H groups in total. The van der Waals surface area contributed by atoms with Crippen LogP contribution in [0.2, 0.25) is 0 Å². The molecule has 0 aliphatic carbocycles. The molecule has 2 aliphatic heterocycles. The fourth-order valence-corrected chi connectivity index (χ4v) is 4.78. The first-order chi connectivity index (χ1) is 15.6. The predicted molar refractivity (Wildman–Crippen MR) is 122 cm³/mol. The van der Waals surface area contributed by atoms with Crippen molar-refractivity contribution in [3.05, 3.63) is 71.8 Å². The highest BCUT2D eigenvalue weighted by atomic mass is 16.6. The Labute approximate surface area is 190 Å². The zero-order valence-electron chi connectivity index (χ0n) is 18.7. The lowest BCUT2D eigenvalue weighted by atomic mass is 9.72. The standard InChI is InChI=1S/C26H32N2O4/c1-2-31-24(29)26(22-11-7-4-8-12-22)14-17-27(18-15-26)16-13-23-20-28(25(30)32-23)19-21-9-5-3-6-10-21/h3-12,23H,2,13-20H2,1H3. The number of carbonyl (C=O) groups excluding carboxylic acids is 2. The molecule has 1 unspecified atom stereocenters. The fraction of sp³-hybridized carbons (Fsp3) is 0.462. The van der Waals surface area contributed by atoms with Crippen LogP contribution in [0.1, 0.15) is 37.3 Å². The van der Waals surface area contributed by atoms with Crippen LogP contribution in [0.5, 0.6) is 0 Å². The van der Waals surface area contributed by atoms with Crippen LogP contribution in [0.15, 0.2) is 60.7 Å². The summed E-state index contributed by atoms with van der Waals surface area (Å²) in [4.78, 5) is 29.3. The van der Waals surface area contributed by atoms with Gasteiger partial charge in [0.15, 0.2) is 0 Å². The Morgan fingerprint density at radius 1 is 1.06 bits per heavy atom. The number of esters is 1. The van der Waals surface area contributed by atoms with Crippen molar-refractivity contribution < 1.29 is 19.1 Å². The molecule has 2 aromatic rings. The first-order valence-electron chi connectivity index (χ1n) is 11.6. The maximum absolute atomic E-state index is 12.9. The van der Waals surface area contributed by atoms with E-state index in [0.29, 0.717) is 19.7 Å². The second kappa shape index (κ2) is 10.2. The van der Waals surface area contributed by atoms with Crippen molar-refractivity contribution in [1.29, 1.82) is 0 Å². The molecule has 2 aromatic carbocycles. The number of nitrogens with zero attached hydrogens (tertiary/aromatic N) is 2. The van der Waals surface area contributed by atoms with Crippen LogP contribution >= 0.6 is 0 Å². The minimum atomic E-state index is -0.569. The largest absolute Gasteiger partial charge is 0.465 e. The topological polar surface area (TPSA) is 59.1 Å². The van der Waals surface area contributed by atoms with Crippen LogP contribution < -0.4 is 0 Å². The minimum absolute atomic E-state index is 0.0860. The highest BCUT2D eigenvalue weighted by molar-refractivity contribution is 5.83. The van der Waals surface area contributed by atoms with E-state index < -0.39 is 5.41 Å². The summed E-state index contributed by atoms with van der Waals surface area (Å²) in [5.41, 5.74) is 1.58. The lowest BCUT2D eigenvalue weighted by Crippen LogP contribution is -2.48. The molecule has 0 aromatic heterocycles. The summed E-state index contributed by atoms with van der Waals surface area (Å²) >= 11 is 0. The summed E-state index contributed by atoms with van der Waals surface area (Å²) in [5, 5.41) is 0. The zero-order valence-corrected chi connectivity index (χ0v) is 18.7. The van der Waals surface area contributed by atoms with Crippen molar-refractivity contribution >= 4 is 12.1 Å². The molecule has 32 heavy (non-hydrogen) atoms. The third kappa shape index (κ3) is 4.96. The highest BCUT2D eigenvalue weighted by Crippen LogP contribution is 2.37. The van der Waals surface area contributed by atoms with Crippen molar-refractivity contribution in [2.24, 2.45) is 0 Å². The summed E-state index contributed by atoms with van der Waals surface area (Å²) in [6.07, 6.45) is 1.95. The van der Waals surface area contributed by atoms with Crippen LogP contribution in [-0.4, -0.2) is 60.8 Å². The number of carbonyl (C=O) groups is 2. The number of likely N-dealkylation sites (tertiary alicyclic amines) is 1. The second-order valence-corrected chi connectivity index (χ2v) is 8.67. The Balaban J connectivity index is 1.30. The predicted octanol–water partition coefficient (Wildman–Crippen LogP) is 3.99. The molecule has 1 atom stereocenters. The van der Waals surface area contributed by atoms with Gasteiger partial charge in [0.1, 0.15) is 6.10 Å². The van der Waals surface area contributed by atoms with Crippen molar-refractivity contribution in [2.45, 2.75) is 44.2 Å². The second-order valence-electron chi connectivity index (χ2n) is 8.67. The third-order valence-electron chi connectivity index (χ3n) is 6.64. The quantitative estimate of drug-likeness (QED) is 0.586. The Hall–Kier alpha value is -2.86. The SMILES string of the molecule is CCOC(=O)C1(c2ccccc2)CCN(CCC2CN(Cc3ccccc3)C(=O)O2)CC1. The van der Waals surface area contributed by atoms with Gasteiger partial charge in [-0.05, 0) is 50.4 Å². The first kappa shape index (κ1) is 22.3. The lowest BCUT2D eigenvalue weighted by molar-refractivity contribution is -0.152. The molecule has 1 amide bonds. The van der Waals surface area contributed by atoms with E-state index in [-0.39, 0.29) is 18.2 Å². The average molecular weight is 437 g/mol. The molecule has 0 spiro atoms. The number of hydrogen-bond donors (Lipinski definition) is 0. The molecule has 170 valence electrons. The molecule has 4 rings (SSSR count). The van der Waals surface area contributed by atoms with E-state index in [1.807, 2.05) is 67.6 Å². The van der Waals surface area contributed by atoms with Crippen LogP contribution in [-0.2, 0) is 26.2 Å². The van der Waals surface area contributed by atoms with Gasteiger partial charge in [-0.2, -0.15) is 0 Å². The normalized spacial score (nSPS) is 20.7. The Kier molecular flexibility index (Phi) is 7.10. The van der Waals surface area contributed by atoms with Gasteiger partial charge in [0.05, 0.1) is 18.6 Å². The molecule has 2 heterocycles. The lowest BCUT2D eigenvalue weighted by Gasteiger charge is -2.40. The van der Waals surface area contributed by atoms with Crippen molar-refractivity contribution in [2.75, 3.05) is 32.8 Å². The number of rotatable bonds is 8. The van der Waals surface area contributed by atoms with Gasteiger partial charge in [-0.3, -0.25) is 4.79 Å². The van der Waals surface area contributed by atoms with Crippen LogP contribution in [0.25, 0.3) is 0 Å². The van der Waals surface area contributed by atoms with E-state index in [4.69, 9.17) is 9.47 Å². The summed E-state index contributed by atoms with van der Waals surface area (Å²) in [6, 6.07) is 20.0. The minimum Gasteiger partial charge on any atom is -0.465 e. The maximum atomic E-state index is 12.9. The van der Waals surface area contributed by atoms with Crippen LogP contribution in [0.4, 0.5) is 4.79 Å². The Bertz CT molecular complexity index is 895. The molecule has 0 bridgehead atoms. The van der Waals surface area contributed by atoms with E-state index in [2.05, 4.69) is 4.90 Å². The van der Waals surface area contributed by atoms with Crippen molar-refractivity contribution in [1.82, 2.24) is 9.80 Å². The van der Waals surface area contributed by atoms with Crippen molar-refractivity contribution in [3.63, 3.8) is 0 Å². The summed E-state index contributed by atoms with van der Waals surface area (Å²) < 4.78 is 11.1. The number of hydrogen-bond acceptors (Lipinski definition) is 5. The van der Waals surface area contributed by atoms with E-state index in [0.717, 1.165) is 50.0 Å².